The molecule has 1 amide bonds. The molecule has 0 aliphatic rings. The molecule has 2 unspecified atom stereocenters. The third-order valence-electron chi connectivity index (χ3n) is 2.68. The van der Waals surface area contributed by atoms with E-state index >= 15 is 0 Å². The summed E-state index contributed by atoms with van der Waals surface area (Å²) >= 11 is 0. The molecule has 0 spiro atoms. The fourth-order valence-electron chi connectivity index (χ4n) is 1.69. The fourth-order valence-corrected chi connectivity index (χ4v) is 1.69. The first kappa shape index (κ1) is 22.2. The zero-order valence-electron chi connectivity index (χ0n) is 14.4. The van der Waals surface area contributed by atoms with Crippen LogP contribution in [-0.2, 0) is 4.74 Å². The molecule has 0 saturated carbocycles. The monoisotopic (exact) mass is 349 g/mol. The number of alkyl carbamates (subject to hydrolysis) is 1. The van der Waals surface area contributed by atoms with Crippen LogP contribution in [0.5, 0.6) is 0 Å². The van der Waals surface area contributed by atoms with Gasteiger partial charge in [-0.25, -0.2) is 4.79 Å². The normalized spacial score (nSPS) is 14.0. The van der Waals surface area contributed by atoms with Crippen LogP contribution in [0.2, 0.25) is 0 Å². The van der Waals surface area contributed by atoms with Gasteiger partial charge in [0, 0.05) is 0 Å². The Balaban J connectivity index is 0.000000728. The first-order valence-electron chi connectivity index (χ1n) is 7.71. The van der Waals surface area contributed by atoms with Crippen LogP contribution in [0.15, 0.2) is 36.4 Å². The minimum absolute atomic E-state index is 0.0138. The number of aliphatic hydroxyl groups excluding tert-OH is 1. The van der Waals surface area contributed by atoms with Gasteiger partial charge in [-0.1, -0.05) is 49.7 Å². The van der Waals surface area contributed by atoms with Crippen molar-refractivity contribution in [2.75, 3.05) is 0 Å². The summed E-state index contributed by atoms with van der Waals surface area (Å²) in [5, 5.41) is 11.2. The smallest absolute Gasteiger partial charge is 0.416 e. The molecule has 2 N–H and O–H groups in total. The highest BCUT2D eigenvalue weighted by Gasteiger charge is 2.44. The lowest BCUT2D eigenvalue weighted by Crippen LogP contribution is -2.51. The number of carbonyl (C=O) groups excluding carboxylic acids is 1. The Hall–Kier alpha value is -1.76. The van der Waals surface area contributed by atoms with Crippen LogP contribution in [0, 0.1) is 0 Å². The molecule has 0 bridgehead atoms. The van der Waals surface area contributed by atoms with E-state index in [0.717, 1.165) is 0 Å². The summed E-state index contributed by atoms with van der Waals surface area (Å²) in [5.74, 6) is 0. The van der Waals surface area contributed by atoms with Crippen molar-refractivity contribution in [3.8, 4) is 0 Å². The molecule has 0 aliphatic carbocycles. The van der Waals surface area contributed by atoms with Crippen molar-refractivity contribution in [2.45, 2.75) is 64.5 Å². The van der Waals surface area contributed by atoms with Crippen LogP contribution in [0.25, 0.3) is 0 Å². The van der Waals surface area contributed by atoms with Crippen LogP contribution in [-0.4, -0.2) is 35.1 Å². The number of aliphatic hydroxyl groups is 1. The second-order valence-corrected chi connectivity index (χ2v) is 6.18. The van der Waals surface area contributed by atoms with E-state index in [4.69, 9.17) is 9.84 Å². The van der Waals surface area contributed by atoms with E-state index in [1.807, 2.05) is 41.7 Å². The number of amides is 1. The number of carbonyl (C=O) groups is 1. The number of benzene rings is 1. The van der Waals surface area contributed by atoms with E-state index in [2.05, 4.69) is 0 Å². The lowest BCUT2D eigenvalue weighted by molar-refractivity contribution is -0.212. The van der Waals surface area contributed by atoms with E-state index < -0.39 is 30.0 Å². The molecule has 0 aliphatic heterocycles. The third kappa shape index (κ3) is 10.9. The highest BCUT2D eigenvalue weighted by molar-refractivity contribution is 5.68. The summed E-state index contributed by atoms with van der Waals surface area (Å²) < 4.78 is 42.0. The highest BCUT2D eigenvalue weighted by atomic mass is 19.4. The minimum atomic E-state index is -4.77. The van der Waals surface area contributed by atoms with Crippen molar-refractivity contribution in [1.82, 2.24) is 5.32 Å². The second kappa shape index (κ2) is 10.2. The van der Waals surface area contributed by atoms with Gasteiger partial charge < -0.3 is 15.2 Å². The molecular formula is C17H26F3NO3. The Morgan fingerprint density at radius 3 is 1.79 bits per heavy atom. The minimum Gasteiger partial charge on any atom is -0.444 e. The van der Waals surface area contributed by atoms with Gasteiger partial charge in [-0.05, 0) is 27.2 Å². The van der Waals surface area contributed by atoms with Crippen molar-refractivity contribution in [1.29, 1.82) is 0 Å². The molecule has 0 radical (unpaired) electrons. The van der Waals surface area contributed by atoms with Crippen molar-refractivity contribution in [3.63, 3.8) is 0 Å². The van der Waals surface area contributed by atoms with Crippen LogP contribution in [0.3, 0.4) is 0 Å². The number of alkyl halides is 3. The lowest BCUT2D eigenvalue weighted by Gasteiger charge is -2.27. The number of hydrogen-bond acceptors (Lipinski definition) is 3. The molecule has 7 heteroatoms. The summed E-state index contributed by atoms with van der Waals surface area (Å²) in [7, 11) is 0. The van der Waals surface area contributed by atoms with Crippen LogP contribution in [0.4, 0.5) is 18.0 Å². The topological polar surface area (TPSA) is 58.6 Å². The van der Waals surface area contributed by atoms with Crippen LogP contribution >= 0.6 is 0 Å². The quantitative estimate of drug-likeness (QED) is 0.852. The predicted octanol–water partition coefficient (Wildman–Crippen LogP) is 4.29. The third-order valence-corrected chi connectivity index (χ3v) is 2.68. The van der Waals surface area contributed by atoms with E-state index in [1.165, 1.54) is 0 Å². The fraction of sp³-hybridized carbons (Fsp3) is 0.588. The summed E-state index contributed by atoms with van der Waals surface area (Å²) in [4.78, 5) is 11.4. The lowest BCUT2D eigenvalue weighted by atomic mass is 10.1. The predicted molar refractivity (Wildman–Crippen MR) is 86.6 cm³/mol. The van der Waals surface area contributed by atoms with E-state index in [9.17, 15) is 18.0 Å². The average Bonchev–Trinajstić information content (AvgIpc) is 2.45. The Kier molecular flexibility index (Phi) is 9.43. The molecule has 0 saturated heterocycles. The first-order valence-corrected chi connectivity index (χ1v) is 7.71. The summed E-state index contributed by atoms with van der Waals surface area (Å²) in [6, 6.07) is 10.6. The zero-order chi connectivity index (χ0) is 18.8. The summed E-state index contributed by atoms with van der Waals surface area (Å²) in [5.41, 5.74) is -0.802. The molecule has 24 heavy (non-hydrogen) atoms. The molecule has 0 heterocycles. The van der Waals surface area contributed by atoms with Crippen molar-refractivity contribution < 1.29 is 27.8 Å². The van der Waals surface area contributed by atoms with Gasteiger partial charge in [0.1, 0.15) is 5.60 Å². The molecule has 138 valence electrons. The largest absolute Gasteiger partial charge is 0.444 e. The van der Waals surface area contributed by atoms with Crippen molar-refractivity contribution in [2.24, 2.45) is 0 Å². The van der Waals surface area contributed by atoms with Gasteiger partial charge in [-0.3, -0.25) is 0 Å². The van der Waals surface area contributed by atoms with E-state index in [1.54, 1.807) is 27.7 Å². The Bertz CT molecular complexity index is 432. The van der Waals surface area contributed by atoms with Gasteiger partial charge in [0.2, 0.25) is 0 Å². The van der Waals surface area contributed by atoms with Crippen LogP contribution < -0.4 is 5.32 Å². The second-order valence-electron chi connectivity index (χ2n) is 6.18. The summed E-state index contributed by atoms with van der Waals surface area (Å²) in [6.45, 7) is 6.46. The van der Waals surface area contributed by atoms with Gasteiger partial charge in [-0.15, -0.1) is 0 Å². The Labute approximate surface area is 141 Å². The average molecular weight is 349 g/mol. The van der Waals surface area contributed by atoms with Gasteiger partial charge in [-0.2, -0.15) is 13.2 Å². The molecule has 0 fully saturated rings. The number of halogens is 3. The van der Waals surface area contributed by atoms with Gasteiger partial charge in [0.05, 0.1) is 6.04 Å². The highest BCUT2D eigenvalue weighted by Crippen LogP contribution is 2.24. The maximum Gasteiger partial charge on any atom is 0.416 e. The Morgan fingerprint density at radius 1 is 1.08 bits per heavy atom. The number of rotatable bonds is 4. The standard InChI is InChI=1S/C11H20F3NO3.C6H6/c1-5-6-7(8(16)11(12,13)14)15-9(17)18-10(2,3)4;1-2-4-6-5-3-1/h7-8,16H,5-6H2,1-4H3,(H,15,17);1-6H. The molecule has 0 aromatic heterocycles. The Morgan fingerprint density at radius 2 is 1.50 bits per heavy atom. The number of ether oxygens (including phenoxy) is 1. The van der Waals surface area contributed by atoms with Crippen molar-refractivity contribution in [3.05, 3.63) is 36.4 Å². The molecule has 4 nitrogen and oxygen atoms in total. The maximum atomic E-state index is 12.4. The van der Waals surface area contributed by atoms with Gasteiger partial charge in [0.15, 0.2) is 6.10 Å². The van der Waals surface area contributed by atoms with Gasteiger partial charge >= 0.3 is 12.3 Å². The summed E-state index contributed by atoms with van der Waals surface area (Å²) in [6.07, 6.45) is -7.92. The molecule has 1 aromatic rings. The zero-order valence-corrected chi connectivity index (χ0v) is 14.4. The molecule has 1 aromatic carbocycles. The maximum absolute atomic E-state index is 12.4. The molecule has 1 rings (SSSR count). The first-order chi connectivity index (χ1) is 11.0. The van der Waals surface area contributed by atoms with Crippen LogP contribution in [0.1, 0.15) is 40.5 Å². The number of nitrogens with one attached hydrogen (secondary N) is 1. The van der Waals surface area contributed by atoms with Crippen molar-refractivity contribution >= 4 is 6.09 Å². The van der Waals surface area contributed by atoms with Gasteiger partial charge in [0.25, 0.3) is 0 Å². The van der Waals surface area contributed by atoms with E-state index in [0.29, 0.717) is 6.42 Å². The number of hydrogen-bond donors (Lipinski definition) is 2. The molecular weight excluding hydrogens is 323 g/mol. The van der Waals surface area contributed by atoms with E-state index in [-0.39, 0.29) is 6.42 Å². The molecule has 2 atom stereocenters. The SMILES string of the molecule is CCCC(NC(=O)OC(C)(C)C)C(O)C(F)(F)F.c1ccccc1.